The predicted molar refractivity (Wildman–Crippen MR) is 86.4 cm³/mol. The average molecular weight is 272 g/mol. The summed E-state index contributed by atoms with van der Waals surface area (Å²) in [4.78, 5) is 2.70. The molecule has 20 heavy (non-hydrogen) atoms. The molecule has 2 saturated heterocycles. The Labute approximate surface area is 123 Å². The molecular formula is C18H28N2. The van der Waals surface area contributed by atoms with Gasteiger partial charge in [-0.05, 0) is 83.2 Å². The van der Waals surface area contributed by atoms with Crippen molar-refractivity contribution < 1.29 is 0 Å². The molecule has 1 aromatic rings. The van der Waals surface area contributed by atoms with Gasteiger partial charge in [0.1, 0.15) is 0 Å². The summed E-state index contributed by atoms with van der Waals surface area (Å²) in [6.45, 7) is 9.26. The second-order valence-electron chi connectivity index (χ2n) is 7.55. The Hall–Kier alpha value is -1.02. The Morgan fingerprint density at radius 1 is 1.05 bits per heavy atom. The number of anilines is 1. The van der Waals surface area contributed by atoms with Gasteiger partial charge in [0.15, 0.2) is 0 Å². The number of fused-ring (bicyclic) bond motifs is 1. The first-order valence-corrected chi connectivity index (χ1v) is 8.13. The molecule has 0 aromatic heterocycles. The lowest BCUT2D eigenvalue weighted by Crippen LogP contribution is -2.37. The van der Waals surface area contributed by atoms with Crippen molar-refractivity contribution in [2.75, 3.05) is 18.4 Å². The third-order valence-electron chi connectivity index (χ3n) is 4.72. The van der Waals surface area contributed by atoms with Crippen LogP contribution < -0.4 is 5.32 Å². The quantitative estimate of drug-likeness (QED) is 0.866. The van der Waals surface area contributed by atoms with Crippen LogP contribution in [0.3, 0.4) is 0 Å². The van der Waals surface area contributed by atoms with Crippen LogP contribution in [0.2, 0.25) is 0 Å². The maximum atomic E-state index is 3.54. The monoisotopic (exact) mass is 272 g/mol. The summed E-state index contributed by atoms with van der Waals surface area (Å²) in [7, 11) is 0. The van der Waals surface area contributed by atoms with Gasteiger partial charge in [0.05, 0.1) is 0 Å². The van der Waals surface area contributed by atoms with Crippen molar-refractivity contribution in [3.63, 3.8) is 0 Å². The molecule has 2 nitrogen and oxygen atoms in total. The summed E-state index contributed by atoms with van der Waals surface area (Å²) in [6.07, 6.45) is 5.53. The molecule has 2 atom stereocenters. The zero-order valence-electron chi connectivity index (χ0n) is 13.2. The summed E-state index contributed by atoms with van der Waals surface area (Å²) in [6, 6.07) is 10.0. The van der Waals surface area contributed by atoms with Crippen LogP contribution in [-0.2, 0) is 0 Å². The summed E-state index contributed by atoms with van der Waals surface area (Å²) in [5.74, 6) is 0.776. The van der Waals surface area contributed by atoms with Gasteiger partial charge in [0.25, 0.3) is 0 Å². The van der Waals surface area contributed by atoms with Crippen molar-refractivity contribution >= 4 is 5.69 Å². The van der Waals surface area contributed by atoms with Crippen molar-refractivity contribution in [2.45, 2.75) is 64.0 Å². The fourth-order valence-electron chi connectivity index (χ4n) is 3.80. The SMILES string of the molecule is CC(C)(C)Nc1ccc(C2CCN3CCCC3C2)cc1. The minimum Gasteiger partial charge on any atom is -0.380 e. The van der Waals surface area contributed by atoms with Crippen molar-refractivity contribution in [2.24, 2.45) is 0 Å². The van der Waals surface area contributed by atoms with Crippen LogP contribution in [0.5, 0.6) is 0 Å². The maximum Gasteiger partial charge on any atom is 0.0344 e. The molecule has 1 aromatic carbocycles. The van der Waals surface area contributed by atoms with Crippen molar-refractivity contribution in [3.05, 3.63) is 29.8 Å². The van der Waals surface area contributed by atoms with Crippen molar-refractivity contribution in [1.29, 1.82) is 0 Å². The van der Waals surface area contributed by atoms with Gasteiger partial charge in [-0.25, -0.2) is 0 Å². The Kier molecular flexibility index (Phi) is 3.76. The summed E-state index contributed by atoms with van der Waals surface area (Å²) >= 11 is 0. The van der Waals surface area contributed by atoms with Crippen molar-refractivity contribution in [3.8, 4) is 0 Å². The molecule has 0 radical (unpaired) electrons. The third-order valence-corrected chi connectivity index (χ3v) is 4.72. The van der Waals surface area contributed by atoms with Gasteiger partial charge in [0, 0.05) is 17.3 Å². The molecule has 0 spiro atoms. The molecule has 2 heteroatoms. The number of piperidine rings is 1. The normalized spacial score (nSPS) is 27.4. The highest BCUT2D eigenvalue weighted by atomic mass is 15.2. The van der Waals surface area contributed by atoms with Gasteiger partial charge in [-0.1, -0.05) is 12.1 Å². The number of benzene rings is 1. The lowest BCUT2D eigenvalue weighted by Gasteiger charge is -2.35. The number of hydrogen-bond donors (Lipinski definition) is 1. The first-order valence-electron chi connectivity index (χ1n) is 8.13. The van der Waals surface area contributed by atoms with E-state index in [4.69, 9.17) is 0 Å². The van der Waals surface area contributed by atoms with E-state index in [0.717, 1.165) is 12.0 Å². The van der Waals surface area contributed by atoms with Gasteiger partial charge in [-0.15, -0.1) is 0 Å². The Bertz CT molecular complexity index is 443. The van der Waals surface area contributed by atoms with E-state index >= 15 is 0 Å². The Balaban J connectivity index is 1.65. The zero-order chi connectivity index (χ0) is 14.2. The fourth-order valence-corrected chi connectivity index (χ4v) is 3.80. The molecule has 0 bridgehead atoms. The first kappa shape index (κ1) is 13.9. The molecule has 1 N–H and O–H groups in total. The van der Waals surface area contributed by atoms with Crippen LogP contribution in [0.4, 0.5) is 5.69 Å². The number of hydrogen-bond acceptors (Lipinski definition) is 2. The second kappa shape index (κ2) is 5.40. The largest absolute Gasteiger partial charge is 0.380 e. The van der Waals surface area contributed by atoms with Gasteiger partial charge in [-0.3, -0.25) is 0 Å². The second-order valence-corrected chi connectivity index (χ2v) is 7.55. The molecule has 2 unspecified atom stereocenters. The standard InChI is InChI=1S/C18H28N2/c1-18(2,3)19-16-8-6-14(7-9-16)15-10-12-20-11-4-5-17(20)13-15/h6-9,15,17,19H,4-5,10-13H2,1-3H3. The highest BCUT2D eigenvalue weighted by Crippen LogP contribution is 2.36. The molecule has 0 amide bonds. The van der Waals surface area contributed by atoms with Gasteiger partial charge < -0.3 is 10.2 Å². The molecule has 0 saturated carbocycles. The highest BCUT2D eigenvalue weighted by Gasteiger charge is 2.32. The average Bonchev–Trinajstić information content (AvgIpc) is 2.85. The molecule has 2 fully saturated rings. The van der Waals surface area contributed by atoms with Gasteiger partial charge in [0.2, 0.25) is 0 Å². The van der Waals surface area contributed by atoms with E-state index in [2.05, 4.69) is 55.3 Å². The molecule has 3 rings (SSSR count). The van der Waals surface area contributed by atoms with Gasteiger partial charge in [-0.2, -0.15) is 0 Å². The summed E-state index contributed by atoms with van der Waals surface area (Å²) < 4.78 is 0. The number of rotatable bonds is 2. The topological polar surface area (TPSA) is 15.3 Å². The van der Waals surface area contributed by atoms with Crippen LogP contribution in [0.1, 0.15) is 57.9 Å². The fraction of sp³-hybridized carbons (Fsp3) is 0.667. The minimum absolute atomic E-state index is 0.136. The maximum absolute atomic E-state index is 3.54. The predicted octanol–water partition coefficient (Wildman–Crippen LogP) is 4.24. The highest BCUT2D eigenvalue weighted by molar-refractivity contribution is 5.47. The van der Waals surface area contributed by atoms with E-state index in [-0.39, 0.29) is 5.54 Å². The van der Waals surface area contributed by atoms with E-state index in [9.17, 15) is 0 Å². The van der Waals surface area contributed by atoms with E-state index in [1.165, 1.54) is 50.0 Å². The van der Waals surface area contributed by atoms with E-state index < -0.39 is 0 Å². The lowest BCUT2D eigenvalue weighted by molar-refractivity contribution is 0.181. The Morgan fingerprint density at radius 3 is 2.50 bits per heavy atom. The lowest BCUT2D eigenvalue weighted by atomic mass is 9.85. The van der Waals surface area contributed by atoms with E-state index in [1.54, 1.807) is 0 Å². The van der Waals surface area contributed by atoms with Crippen LogP contribution in [0.25, 0.3) is 0 Å². The van der Waals surface area contributed by atoms with E-state index in [0.29, 0.717) is 0 Å². The third kappa shape index (κ3) is 3.17. The molecule has 110 valence electrons. The van der Waals surface area contributed by atoms with Crippen LogP contribution in [0, 0.1) is 0 Å². The van der Waals surface area contributed by atoms with E-state index in [1.807, 2.05) is 0 Å². The molecular weight excluding hydrogens is 244 g/mol. The van der Waals surface area contributed by atoms with Crippen LogP contribution >= 0.6 is 0 Å². The van der Waals surface area contributed by atoms with Gasteiger partial charge >= 0.3 is 0 Å². The molecule has 2 aliphatic rings. The smallest absolute Gasteiger partial charge is 0.0344 e. The molecule has 2 heterocycles. The zero-order valence-corrected chi connectivity index (χ0v) is 13.2. The first-order chi connectivity index (χ1) is 9.51. The number of nitrogens with one attached hydrogen (secondary N) is 1. The Morgan fingerprint density at radius 2 is 1.80 bits per heavy atom. The molecule has 0 aliphatic carbocycles. The summed E-state index contributed by atoms with van der Waals surface area (Å²) in [5, 5.41) is 3.54. The van der Waals surface area contributed by atoms with Crippen LogP contribution in [0.15, 0.2) is 24.3 Å². The minimum atomic E-state index is 0.136. The number of nitrogens with zero attached hydrogens (tertiary/aromatic N) is 1. The summed E-state index contributed by atoms with van der Waals surface area (Å²) in [5.41, 5.74) is 2.91. The van der Waals surface area contributed by atoms with Crippen LogP contribution in [-0.4, -0.2) is 29.6 Å². The van der Waals surface area contributed by atoms with Crippen molar-refractivity contribution in [1.82, 2.24) is 4.90 Å². The molecule has 2 aliphatic heterocycles.